The molecular weight excluding hydrogens is 300 g/mol. The third-order valence-electron chi connectivity index (χ3n) is 2.86. The van der Waals surface area contributed by atoms with Crippen molar-refractivity contribution in [2.75, 3.05) is 11.4 Å². The molecule has 0 atom stereocenters. The molecule has 2 aromatic rings. The summed E-state index contributed by atoms with van der Waals surface area (Å²) in [6.07, 6.45) is 0. The van der Waals surface area contributed by atoms with Crippen molar-refractivity contribution >= 4 is 34.8 Å². The molecule has 0 aliphatic rings. The van der Waals surface area contributed by atoms with E-state index in [1.165, 1.54) is 23.1 Å². The van der Waals surface area contributed by atoms with E-state index in [0.29, 0.717) is 27.8 Å². The molecule has 20 heavy (non-hydrogen) atoms. The van der Waals surface area contributed by atoms with Crippen LogP contribution in [0, 0.1) is 5.82 Å². The van der Waals surface area contributed by atoms with Gasteiger partial charge in [0.05, 0.1) is 10.6 Å². The number of nitrogens with zero attached hydrogens (tertiary/aromatic N) is 1. The average Bonchev–Trinajstić information content (AvgIpc) is 2.41. The number of anilines is 1. The van der Waals surface area contributed by atoms with Gasteiger partial charge in [-0.15, -0.1) is 0 Å². The van der Waals surface area contributed by atoms with E-state index in [1.54, 1.807) is 24.3 Å². The van der Waals surface area contributed by atoms with Crippen molar-refractivity contribution in [3.05, 3.63) is 63.9 Å². The number of hydrogen-bond acceptors (Lipinski definition) is 1. The van der Waals surface area contributed by atoms with Gasteiger partial charge in [-0.25, -0.2) is 4.39 Å². The molecule has 104 valence electrons. The third-order valence-corrected chi connectivity index (χ3v) is 3.41. The number of halogens is 3. The van der Waals surface area contributed by atoms with Crippen LogP contribution in [-0.2, 0) is 0 Å². The lowest BCUT2D eigenvalue weighted by Crippen LogP contribution is -2.30. The molecule has 0 fully saturated rings. The first-order valence-electron chi connectivity index (χ1n) is 6.05. The van der Waals surface area contributed by atoms with Crippen LogP contribution in [0.3, 0.4) is 0 Å². The van der Waals surface area contributed by atoms with Crippen molar-refractivity contribution in [2.45, 2.75) is 6.92 Å². The van der Waals surface area contributed by atoms with Crippen LogP contribution in [0.1, 0.15) is 17.3 Å². The maximum absolute atomic E-state index is 12.9. The minimum atomic E-state index is -0.346. The summed E-state index contributed by atoms with van der Waals surface area (Å²) in [5.41, 5.74) is 0.979. The first-order valence-corrected chi connectivity index (χ1v) is 6.81. The quantitative estimate of drug-likeness (QED) is 0.797. The number of amides is 1. The van der Waals surface area contributed by atoms with Gasteiger partial charge in [0.2, 0.25) is 0 Å². The Morgan fingerprint density at radius 2 is 1.80 bits per heavy atom. The predicted octanol–water partition coefficient (Wildman–Crippen LogP) is 4.80. The number of hydrogen-bond donors (Lipinski definition) is 0. The second-order valence-corrected chi connectivity index (χ2v) is 4.99. The van der Waals surface area contributed by atoms with Crippen LogP contribution in [0.2, 0.25) is 10.0 Å². The maximum atomic E-state index is 12.9. The summed E-state index contributed by atoms with van der Waals surface area (Å²) < 4.78 is 12.9. The lowest BCUT2D eigenvalue weighted by atomic mass is 10.1. The monoisotopic (exact) mass is 311 g/mol. The van der Waals surface area contributed by atoms with Gasteiger partial charge >= 0.3 is 0 Å². The summed E-state index contributed by atoms with van der Waals surface area (Å²) in [5, 5.41) is 0.763. The molecule has 0 saturated heterocycles. The molecule has 0 heterocycles. The molecule has 2 aromatic carbocycles. The first kappa shape index (κ1) is 14.8. The van der Waals surface area contributed by atoms with Crippen LogP contribution in [-0.4, -0.2) is 12.5 Å². The number of rotatable bonds is 3. The van der Waals surface area contributed by atoms with Gasteiger partial charge in [-0.05, 0) is 49.4 Å². The second-order valence-electron chi connectivity index (χ2n) is 4.15. The largest absolute Gasteiger partial charge is 0.309 e. The van der Waals surface area contributed by atoms with E-state index < -0.39 is 0 Å². The molecule has 0 aromatic heterocycles. The highest BCUT2D eigenvalue weighted by molar-refractivity contribution is 6.37. The lowest BCUT2D eigenvalue weighted by Gasteiger charge is -2.21. The highest BCUT2D eigenvalue weighted by Gasteiger charge is 2.18. The van der Waals surface area contributed by atoms with Crippen LogP contribution in [0.4, 0.5) is 10.1 Å². The van der Waals surface area contributed by atoms with Gasteiger partial charge in [0.1, 0.15) is 5.82 Å². The standard InChI is InChI=1S/C15H12Cl2FNO/c1-2-19(12-6-4-11(18)5-7-12)15(20)13-8-3-10(16)9-14(13)17/h3-9H,2H2,1H3. The molecule has 0 radical (unpaired) electrons. The molecule has 2 nitrogen and oxygen atoms in total. The summed E-state index contributed by atoms with van der Waals surface area (Å²) >= 11 is 11.9. The number of benzene rings is 2. The van der Waals surface area contributed by atoms with E-state index in [4.69, 9.17) is 23.2 Å². The lowest BCUT2D eigenvalue weighted by molar-refractivity contribution is 0.0988. The van der Waals surface area contributed by atoms with Crippen LogP contribution in [0.5, 0.6) is 0 Å². The minimum Gasteiger partial charge on any atom is -0.309 e. The number of carbonyl (C=O) groups is 1. The van der Waals surface area contributed by atoms with E-state index in [2.05, 4.69) is 0 Å². The Hall–Kier alpha value is -1.58. The van der Waals surface area contributed by atoms with E-state index in [9.17, 15) is 9.18 Å². The minimum absolute atomic E-state index is 0.249. The molecule has 1 amide bonds. The van der Waals surface area contributed by atoms with Crippen molar-refractivity contribution in [3.63, 3.8) is 0 Å². The zero-order valence-electron chi connectivity index (χ0n) is 10.7. The van der Waals surface area contributed by atoms with Crippen LogP contribution < -0.4 is 4.90 Å². The fraction of sp³-hybridized carbons (Fsp3) is 0.133. The Bertz CT molecular complexity index is 628. The summed E-state index contributed by atoms with van der Waals surface area (Å²) in [7, 11) is 0. The average molecular weight is 312 g/mol. The smallest absolute Gasteiger partial charge is 0.259 e. The fourth-order valence-corrected chi connectivity index (χ4v) is 2.36. The zero-order valence-corrected chi connectivity index (χ0v) is 12.2. The van der Waals surface area contributed by atoms with Crippen molar-refractivity contribution < 1.29 is 9.18 Å². The van der Waals surface area contributed by atoms with Crippen molar-refractivity contribution in [3.8, 4) is 0 Å². The zero-order chi connectivity index (χ0) is 14.7. The molecule has 0 spiro atoms. The Labute approximate surface area is 126 Å². The SMILES string of the molecule is CCN(C(=O)c1ccc(Cl)cc1Cl)c1ccc(F)cc1. The van der Waals surface area contributed by atoms with Gasteiger partial charge < -0.3 is 4.90 Å². The summed E-state index contributed by atoms with van der Waals surface area (Å²) in [4.78, 5) is 14.0. The highest BCUT2D eigenvalue weighted by atomic mass is 35.5. The molecule has 0 aliphatic carbocycles. The Morgan fingerprint density at radius 3 is 2.35 bits per heavy atom. The highest BCUT2D eigenvalue weighted by Crippen LogP contribution is 2.24. The Kier molecular flexibility index (Phi) is 4.63. The van der Waals surface area contributed by atoms with Crippen LogP contribution >= 0.6 is 23.2 Å². The number of carbonyl (C=O) groups excluding carboxylic acids is 1. The molecule has 5 heteroatoms. The fourth-order valence-electron chi connectivity index (χ4n) is 1.87. The predicted molar refractivity (Wildman–Crippen MR) is 80.2 cm³/mol. The van der Waals surface area contributed by atoms with Gasteiger partial charge in [0.25, 0.3) is 5.91 Å². The first-order chi connectivity index (χ1) is 9.52. The van der Waals surface area contributed by atoms with Crippen LogP contribution in [0.15, 0.2) is 42.5 Å². The maximum Gasteiger partial charge on any atom is 0.259 e. The van der Waals surface area contributed by atoms with Crippen molar-refractivity contribution in [1.29, 1.82) is 0 Å². The molecule has 0 saturated carbocycles. The van der Waals surface area contributed by atoms with Crippen molar-refractivity contribution in [2.24, 2.45) is 0 Å². The van der Waals surface area contributed by atoms with Crippen LogP contribution in [0.25, 0.3) is 0 Å². The van der Waals surface area contributed by atoms with E-state index in [1.807, 2.05) is 6.92 Å². The van der Waals surface area contributed by atoms with Gasteiger partial charge in [0, 0.05) is 17.3 Å². The molecule has 0 aliphatic heterocycles. The van der Waals surface area contributed by atoms with E-state index in [0.717, 1.165) is 0 Å². The summed E-state index contributed by atoms with van der Waals surface area (Å²) in [6, 6.07) is 10.5. The van der Waals surface area contributed by atoms with Gasteiger partial charge in [0.15, 0.2) is 0 Å². The Morgan fingerprint density at radius 1 is 1.15 bits per heavy atom. The topological polar surface area (TPSA) is 20.3 Å². The second kappa shape index (κ2) is 6.25. The van der Waals surface area contributed by atoms with Gasteiger partial charge in [-0.3, -0.25) is 4.79 Å². The molecule has 2 rings (SSSR count). The van der Waals surface area contributed by atoms with Gasteiger partial charge in [-0.1, -0.05) is 23.2 Å². The summed E-state index contributed by atoms with van der Waals surface area (Å²) in [6.45, 7) is 2.29. The van der Waals surface area contributed by atoms with Crippen molar-refractivity contribution in [1.82, 2.24) is 0 Å². The molecule has 0 N–H and O–H groups in total. The molecular formula is C15H12Cl2FNO. The van der Waals surface area contributed by atoms with E-state index >= 15 is 0 Å². The van der Waals surface area contributed by atoms with Gasteiger partial charge in [-0.2, -0.15) is 0 Å². The normalized spacial score (nSPS) is 10.4. The third kappa shape index (κ3) is 3.11. The Balaban J connectivity index is 2.36. The summed E-state index contributed by atoms with van der Waals surface area (Å²) in [5.74, 6) is -0.595. The molecule has 0 bridgehead atoms. The van der Waals surface area contributed by atoms with E-state index in [-0.39, 0.29) is 11.7 Å². The molecule has 0 unspecified atom stereocenters.